The Labute approximate surface area is 234 Å². The molecule has 4 aliphatic rings. The number of ether oxygens (including phenoxy) is 1. The van der Waals surface area contributed by atoms with Gasteiger partial charge in [0.15, 0.2) is 5.82 Å². The number of likely N-dealkylation sites (tertiary alicyclic amines) is 1. The second-order valence-corrected chi connectivity index (χ2v) is 12.8. The molecule has 1 aromatic carbocycles. The first-order chi connectivity index (χ1) is 19.4. The number of aliphatic hydroxyl groups excluding tert-OH is 1. The molecule has 1 saturated heterocycles. The highest BCUT2D eigenvalue weighted by Crippen LogP contribution is 2.44. The van der Waals surface area contributed by atoms with Crippen molar-refractivity contribution < 1.29 is 14.6 Å². The predicted molar refractivity (Wildman–Crippen MR) is 153 cm³/mol. The van der Waals surface area contributed by atoms with Crippen LogP contribution in [0.25, 0.3) is 33.6 Å². The van der Waals surface area contributed by atoms with Gasteiger partial charge in [-0.1, -0.05) is 6.92 Å². The summed E-state index contributed by atoms with van der Waals surface area (Å²) in [4.78, 5) is 26.0. The Morgan fingerprint density at radius 2 is 1.93 bits per heavy atom. The van der Waals surface area contributed by atoms with E-state index in [0.29, 0.717) is 41.0 Å². The number of benzene rings is 1. The summed E-state index contributed by atoms with van der Waals surface area (Å²) in [5.41, 5.74) is 5.43. The number of hydrogen-bond acceptors (Lipinski definition) is 5. The second kappa shape index (κ2) is 8.80. The van der Waals surface area contributed by atoms with Gasteiger partial charge in [0.05, 0.1) is 24.4 Å². The van der Waals surface area contributed by atoms with E-state index in [1.54, 1.807) is 7.11 Å². The fourth-order valence-electron chi connectivity index (χ4n) is 7.66. The fourth-order valence-corrected chi connectivity index (χ4v) is 7.66. The molecular weight excluding hydrogens is 502 g/mol. The van der Waals surface area contributed by atoms with Gasteiger partial charge >= 0.3 is 0 Å². The number of pyridine rings is 1. The number of aryl methyl sites for hydroxylation is 1. The van der Waals surface area contributed by atoms with Gasteiger partial charge in [0.25, 0.3) is 5.91 Å². The zero-order valence-electron chi connectivity index (χ0n) is 23.5. The van der Waals surface area contributed by atoms with E-state index in [1.165, 1.54) is 19.3 Å². The van der Waals surface area contributed by atoms with Crippen LogP contribution in [-0.2, 0) is 13.6 Å². The summed E-state index contributed by atoms with van der Waals surface area (Å²) in [5, 5.41) is 11.0. The number of carbonyl (C=O) groups is 1. The number of hydrogen-bond donors (Lipinski definition) is 1. The molecule has 3 atom stereocenters. The Kier molecular flexibility index (Phi) is 5.37. The molecule has 4 heterocycles. The average Bonchev–Trinajstić information content (AvgIpc) is 3.35. The lowest BCUT2D eigenvalue weighted by molar-refractivity contribution is 0.0695. The van der Waals surface area contributed by atoms with E-state index >= 15 is 0 Å². The topological polar surface area (TPSA) is 85.4 Å². The van der Waals surface area contributed by atoms with E-state index in [1.807, 2.05) is 19.2 Å². The minimum Gasteiger partial charge on any atom is -0.494 e. The van der Waals surface area contributed by atoms with Crippen LogP contribution in [0.4, 0.5) is 0 Å². The monoisotopic (exact) mass is 539 g/mol. The molecule has 1 amide bonds. The van der Waals surface area contributed by atoms with Crippen LogP contribution in [0.15, 0.2) is 30.3 Å². The van der Waals surface area contributed by atoms with Crippen molar-refractivity contribution in [3.63, 3.8) is 0 Å². The minimum absolute atomic E-state index is 0.0899. The molecule has 3 aliphatic carbocycles. The van der Waals surface area contributed by atoms with Gasteiger partial charge in [-0.25, -0.2) is 9.97 Å². The maximum atomic E-state index is 13.7. The number of imidazole rings is 1. The number of rotatable bonds is 6. The minimum atomic E-state index is -0.202. The molecule has 208 valence electrons. The summed E-state index contributed by atoms with van der Waals surface area (Å²) in [6.07, 6.45) is 6.20. The first kappa shape index (κ1) is 24.4. The standard InChI is InChI=1S/C32H37N5O3/c1-17-20-7-9-26(17)37(16-20)32(39)22-12-25-29(28(14-22)40-3)35(2)31(34-25)27-13-19-6-8-24(21-10-23(38)11-21)33-30(19)36(27)15-18-4-5-18/h6,8,12-14,17-18,20-21,23,26,38H,4-5,7,9-11,15-16H2,1-3H3. The van der Waals surface area contributed by atoms with Gasteiger partial charge in [0.1, 0.15) is 16.9 Å². The number of methoxy groups -OCH3 is 1. The molecule has 4 fully saturated rings. The zero-order chi connectivity index (χ0) is 27.3. The first-order valence-corrected chi connectivity index (χ1v) is 14.9. The number of fused-ring (bicyclic) bond motifs is 4. The Hall–Kier alpha value is -3.39. The van der Waals surface area contributed by atoms with Crippen LogP contribution in [0, 0.1) is 17.8 Å². The number of nitrogens with zero attached hydrogens (tertiary/aromatic N) is 5. The highest BCUT2D eigenvalue weighted by Gasteiger charge is 2.46. The van der Waals surface area contributed by atoms with E-state index < -0.39 is 0 Å². The summed E-state index contributed by atoms with van der Waals surface area (Å²) in [7, 11) is 3.70. The SMILES string of the molecule is COc1cc(C(=O)N2CC3CCC2C3C)cc2nc(-c3cc4ccc(C5CC(O)C5)nc4n3CC3CC3)n(C)c12. The lowest BCUT2D eigenvalue weighted by Gasteiger charge is -2.30. The molecule has 3 unspecified atom stereocenters. The second-order valence-electron chi connectivity index (χ2n) is 12.8. The van der Waals surface area contributed by atoms with Gasteiger partial charge in [-0.2, -0.15) is 0 Å². The molecule has 3 saturated carbocycles. The van der Waals surface area contributed by atoms with Crippen LogP contribution in [-0.4, -0.2) is 60.8 Å². The van der Waals surface area contributed by atoms with Crippen molar-refractivity contribution in [3.05, 3.63) is 41.6 Å². The average molecular weight is 540 g/mol. The van der Waals surface area contributed by atoms with Crippen molar-refractivity contribution in [1.29, 1.82) is 0 Å². The summed E-state index contributed by atoms with van der Waals surface area (Å²) < 4.78 is 10.3. The van der Waals surface area contributed by atoms with E-state index in [9.17, 15) is 9.90 Å². The van der Waals surface area contributed by atoms with Crippen molar-refractivity contribution in [1.82, 2.24) is 24.0 Å². The summed E-state index contributed by atoms with van der Waals surface area (Å²) in [5.74, 6) is 3.81. The maximum absolute atomic E-state index is 13.7. The van der Waals surface area contributed by atoms with Crippen LogP contribution in [0.2, 0.25) is 0 Å². The van der Waals surface area contributed by atoms with Crippen LogP contribution in [0.1, 0.15) is 67.4 Å². The van der Waals surface area contributed by atoms with E-state index in [-0.39, 0.29) is 12.0 Å². The van der Waals surface area contributed by atoms with Gasteiger partial charge in [0.2, 0.25) is 0 Å². The summed E-state index contributed by atoms with van der Waals surface area (Å²) >= 11 is 0. The molecule has 0 radical (unpaired) electrons. The third-order valence-electron chi connectivity index (χ3n) is 10.3. The quantitative estimate of drug-likeness (QED) is 0.368. The van der Waals surface area contributed by atoms with Crippen LogP contribution >= 0.6 is 0 Å². The Morgan fingerprint density at radius 3 is 2.60 bits per heavy atom. The van der Waals surface area contributed by atoms with Gasteiger partial charge in [-0.15, -0.1) is 0 Å². The van der Waals surface area contributed by atoms with E-state index in [4.69, 9.17) is 14.7 Å². The normalized spacial score (nSPS) is 27.6. The number of amides is 1. The number of piperidine rings is 1. The first-order valence-electron chi connectivity index (χ1n) is 14.9. The molecule has 2 bridgehead atoms. The smallest absolute Gasteiger partial charge is 0.254 e. The van der Waals surface area contributed by atoms with E-state index in [0.717, 1.165) is 71.6 Å². The largest absolute Gasteiger partial charge is 0.494 e. The third-order valence-corrected chi connectivity index (χ3v) is 10.3. The van der Waals surface area contributed by atoms with Gasteiger partial charge < -0.3 is 23.9 Å². The summed E-state index contributed by atoms with van der Waals surface area (Å²) in [6.45, 7) is 4.06. The lowest BCUT2D eigenvalue weighted by Crippen LogP contribution is -2.38. The molecule has 8 rings (SSSR count). The molecule has 0 spiro atoms. The molecule has 1 N–H and O–H groups in total. The number of aliphatic hydroxyl groups is 1. The molecule has 3 aromatic heterocycles. The van der Waals surface area contributed by atoms with Crippen molar-refractivity contribution >= 4 is 28.0 Å². The highest BCUT2D eigenvalue weighted by atomic mass is 16.5. The number of aromatic nitrogens is 4. The van der Waals surface area contributed by atoms with Gasteiger partial charge in [-0.05, 0) is 86.6 Å². The molecule has 1 aliphatic heterocycles. The highest BCUT2D eigenvalue weighted by molar-refractivity contribution is 6.00. The third kappa shape index (κ3) is 3.64. The molecule has 40 heavy (non-hydrogen) atoms. The van der Waals surface area contributed by atoms with Crippen molar-refractivity contribution in [2.75, 3.05) is 13.7 Å². The van der Waals surface area contributed by atoms with Crippen molar-refractivity contribution in [2.45, 2.75) is 70.1 Å². The number of carbonyl (C=O) groups excluding carboxylic acids is 1. The van der Waals surface area contributed by atoms with Gasteiger partial charge in [0, 0.05) is 48.7 Å². The Balaban J connectivity index is 1.23. The fraction of sp³-hybridized carbons (Fsp3) is 0.531. The molecule has 8 nitrogen and oxygen atoms in total. The zero-order valence-corrected chi connectivity index (χ0v) is 23.5. The molecule has 4 aromatic rings. The maximum Gasteiger partial charge on any atom is 0.254 e. The van der Waals surface area contributed by atoms with Crippen LogP contribution in [0.5, 0.6) is 5.75 Å². The Morgan fingerprint density at radius 1 is 1.10 bits per heavy atom. The van der Waals surface area contributed by atoms with Crippen molar-refractivity contribution in [3.8, 4) is 17.3 Å². The van der Waals surface area contributed by atoms with Crippen LogP contribution in [0.3, 0.4) is 0 Å². The predicted octanol–water partition coefficient (Wildman–Crippen LogP) is 5.12. The Bertz CT molecular complexity index is 1660. The molecule has 8 heteroatoms. The van der Waals surface area contributed by atoms with E-state index in [2.05, 4.69) is 39.2 Å². The van der Waals surface area contributed by atoms with Crippen molar-refractivity contribution in [2.24, 2.45) is 24.8 Å². The summed E-state index contributed by atoms with van der Waals surface area (Å²) in [6, 6.07) is 10.7. The van der Waals surface area contributed by atoms with Gasteiger partial charge in [-0.3, -0.25) is 4.79 Å². The van der Waals surface area contributed by atoms with Crippen LogP contribution < -0.4 is 4.74 Å². The molecular formula is C32H37N5O3. The lowest BCUT2D eigenvalue weighted by atomic mass is 9.80.